The number of carbonyl (C=O) groups is 1. The summed E-state index contributed by atoms with van der Waals surface area (Å²) in [5, 5.41) is 12.9. The van der Waals surface area contributed by atoms with E-state index in [0.717, 1.165) is 16.8 Å². The third-order valence-electron chi connectivity index (χ3n) is 2.85. The van der Waals surface area contributed by atoms with Crippen LogP contribution in [0.4, 0.5) is 5.69 Å². The zero-order chi connectivity index (χ0) is 13.1. The van der Waals surface area contributed by atoms with Crippen LogP contribution < -0.4 is 5.32 Å². The summed E-state index contributed by atoms with van der Waals surface area (Å²) < 4.78 is 4.53. The maximum absolute atomic E-state index is 11.3. The van der Waals surface area contributed by atoms with Gasteiger partial charge in [0.25, 0.3) is 0 Å². The van der Waals surface area contributed by atoms with E-state index < -0.39 is 11.6 Å². The molecule has 1 rings (SSSR count). The van der Waals surface area contributed by atoms with Crippen molar-refractivity contribution < 1.29 is 14.6 Å². The minimum atomic E-state index is -1.52. The number of hydrogen-bond acceptors (Lipinski definition) is 4. The molecule has 0 heterocycles. The topological polar surface area (TPSA) is 58.6 Å². The molecule has 17 heavy (non-hydrogen) atoms. The van der Waals surface area contributed by atoms with Crippen LogP contribution in [0.3, 0.4) is 0 Å². The maximum Gasteiger partial charge on any atom is 0.339 e. The van der Waals surface area contributed by atoms with E-state index >= 15 is 0 Å². The molecular formula is C13H19NO3. The highest BCUT2D eigenvalue weighted by molar-refractivity contribution is 5.79. The zero-order valence-corrected chi connectivity index (χ0v) is 10.7. The van der Waals surface area contributed by atoms with E-state index in [2.05, 4.69) is 10.1 Å². The number of hydrogen-bond donors (Lipinski definition) is 2. The standard InChI is InChI=1S/C13H19NO3/c1-9-6-5-7-11(10(9)2)14-8-13(3,16)12(15)17-4/h5-7,14,16H,8H2,1-4H3. The Morgan fingerprint density at radius 3 is 2.71 bits per heavy atom. The van der Waals surface area contributed by atoms with Crippen molar-refractivity contribution >= 4 is 11.7 Å². The Bertz CT molecular complexity index is 413. The number of methoxy groups -OCH3 is 1. The molecule has 4 nitrogen and oxygen atoms in total. The third-order valence-corrected chi connectivity index (χ3v) is 2.85. The van der Waals surface area contributed by atoms with Crippen molar-refractivity contribution in [3.8, 4) is 0 Å². The Morgan fingerprint density at radius 1 is 1.47 bits per heavy atom. The molecular weight excluding hydrogens is 218 g/mol. The minimum absolute atomic E-state index is 0.115. The number of benzene rings is 1. The molecule has 1 unspecified atom stereocenters. The summed E-state index contributed by atoms with van der Waals surface area (Å²) in [7, 11) is 1.26. The van der Waals surface area contributed by atoms with Crippen LogP contribution in [-0.4, -0.2) is 30.3 Å². The molecule has 4 heteroatoms. The Labute approximate surface area is 102 Å². The van der Waals surface area contributed by atoms with Gasteiger partial charge >= 0.3 is 5.97 Å². The van der Waals surface area contributed by atoms with Gasteiger partial charge in [0, 0.05) is 5.69 Å². The van der Waals surface area contributed by atoms with Gasteiger partial charge in [0.2, 0.25) is 0 Å². The van der Waals surface area contributed by atoms with Gasteiger partial charge in [-0.1, -0.05) is 12.1 Å². The van der Waals surface area contributed by atoms with Gasteiger partial charge in [-0.2, -0.15) is 0 Å². The van der Waals surface area contributed by atoms with Gasteiger partial charge in [-0.15, -0.1) is 0 Å². The first kappa shape index (κ1) is 13.5. The van der Waals surface area contributed by atoms with Crippen molar-refractivity contribution in [3.63, 3.8) is 0 Å². The quantitative estimate of drug-likeness (QED) is 0.782. The van der Waals surface area contributed by atoms with E-state index in [1.807, 2.05) is 32.0 Å². The molecule has 1 aromatic carbocycles. The van der Waals surface area contributed by atoms with E-state index in [9.17, 15) is 9.90 Å². The van der Waals surface area contributed by atoms with E-state index in [1.165, 1.54) is 14.0 Å². The fourth-order valence-corrected chi connectivity index (χ4v) is 1.50. The Balaban J connectivity index is 2.74. The van der Waals surface area contributed by atoms with Gasteiger partial charge < -0.3 is 15.2 Å². The number of esters is 1. The molecule has 0 aromatic heterocycles. The van der Waals surface area contributed by atoms with E-state index in [0.29, 0.717) is 0 Å². The normalized spacial score (nSPS) is 13.9. The van der Waals surface area contributed by atoms with Crippen LogP contribution >= 0.6 is 0 Å². The van der Waals surface area contributed by atoms with Gasteiger partial charge in [-0.05, 0) is 38.0 Å². The molecule has 0 amide bonds. The molecule has 0 saturated carbocycles. The van der Waals surface area contributed by atoms with Gasteiger partial charge in [-0.25, -0.2) is 4.79 Å². The van der Waals surface area contributed by atoms with Crippen LogP contribution in [0.1, 0.15) is 18.1 Å². The average Bonchev–Trinajstić information content (AvgIpc) is 2.30. The van der Waals surface area contributed by atoms with E-state index in [-0.39, 0.29) is 6.54 Å². The van der Waals surface area contributed by atoms with Crippen molar-refractivity contribution in [1.29, 1.82) is 0 Å². The van der Waals surface area contributed by atoms with Crippen molar-refractivity contribution in [2.75, 3.05) is 19.0 Å². The fraction of sp³-hybridized carbons (Fsp3) is 0.462. The number of aliphatic hydroxyl groups is 1. The smallest absolute Gasteiger partial charge is 0.339 e. The number of nitrogens with one attached hydrogen (secondary N) is 1. The minimum Gasteiger partial charge on any atom is -0.467 e. The lowest BCUT2D eigenvalue weighted by Crippen LogP contribution is -2.42. The number of ether oxygens (including phenoxy) is 1. The largest absolute Gasteiger partial charge is 0.467 e. The van der Waals surface area contributed by atoms with Crippen LogP contribution in [0, 0.1) is 13.8 Å². The molecule has 0 bridgehead atoms. The van der Waals surface area contributed by atoms with Crippen LogP contribution in [0.5, 0.6) is 0 Å². The van der Waals surface area contributed by atoms with Crippen molar-refractivity contribution in [2.45, 2.75) is 26.4 Å². The predicted octanol–water partition coefficient (Wildman–Crippen LogP) is 1.64. The second kappa shape index (κ2) is 5.19. The van der Waals surface area contributed by atoms with Crippen LogP contribution in [0.2, 0.25) is 0 Å². The fourth-order valence-electron chi connectivity index (χ4n) is 1.50. The summed E-state index contributed by atoms with van der Waals surface area (Å²) in [6.45, 7) is 5.55. The molecule has 0 aliphatic heterocycles. The zero-order valence-electron chi connectivity index (χ0n) is 10.7. The predicted molar refractivity (Wildman–Crippen MR) is 67.0 cm³/mol. The summed E-state index contributed by atoms with van der Waals surface area (Å²) in [4.78, 5) is 11.3. The summed E-state index contributed by atoms with van der Waals surface area (Å²) in [5.41, 5.74) is 1.65. The highest BCUT2D eigenvalue weighted by Gasteiger charge is 2.31. The lowest BCUT2D eigenvalue weighted by atomic mass is 10.1. The first-order chi connectivity index (χ1) is 7.88. The van der Waals surface area contributed by atoms with Crippen molar-refractivity contribution in [3.05, 3.63) is 29.3 Å². The molecule has 0 radical (unpaired) electrons. The van der Waals surface area contributed by atoms with Gasteiger partial charge in [0.1, 0.15) is 0 Å². The number of rotatable bonds is 4. The lowest BCUT2D eigenvalue weighted by molar-refractivity contribution is -0.158. The van der Waals surface area contributed by atoms with Gasteiger partial charge in [0.05, 0.1) is 13.7 Å². The highest BCUT2D eigenvalue weighted by Crippen LogP contribution is 2.19. The molecule has 0 fully saturated rings. The van der Waals surface area contributed by atoms with Gasteiger partial charge in [-0.3, -0.25) is 0 Å². The third kappa shape index (κ3) is 3.20. The number of carbonyl (C=O) groups excluding carboxylic acids is 1. The average molecular weight is 237 g/mol. The second-order valence-corrected chi connectivity index (χ2v) is 4.37. The molecule has 1 aromatic rings. The van der Waals surface area contributed by atoms with Crippen LogP contribution in [0.25, 0.3) is 0 Å². The highest BCUT2D eigenvalue weighted by atomic mass is 16.5. The molecule has 0 saturated heterocycles. The first-order valence-corrected chi connectivity index (χ1v) is 5.49. The Morgan fingerprint density at radius 2 is 2.12 bits per heavy atom. The number of anilines is 1. The Kier molecular flexibility index (Phi) is 4.12. The van der Waals surface area contributed by atoms with Crippen molar-refractivity contribution in [2.24, 2.45) is 0 Å². The molecule has 0 aliphatic rings. The van der Waals surface area contributed by atoms with Crippen LogP contribution in [-0.2, 0) is 9.53 Å². The SMILES string of the molecule is COC(=O)C(C)(O)CNc1cccc(C)c1C. The molecule has 1 atom stereocenters. The maximum atomic E-state index is 11.3. The Hall–Kier alpha value is -1.55. The van der Waals surface area contributed by atoms with E-state index in [4.69, 9.17) is 0 Å². The molecule has 0 spiro atoms. The summed E-state index contributed by atoms with van der Waals surface area (Å²) in [6, 6.07) is 5.85. The van der Waals surface area contributed by atoms with E-state index in [1.54, 1.807) is 0 Å². The molecule has 2 N–H and O–H groups in total. The molecule has 94 valence electrons. The summed E-state index contributed by atoms with van der Waals surface area (Å²) in [5.74, 6) is -0.643. The monoisotopic (exact) mass is 237 g/mol. The van der Waals surface area contributed by atoms with Crippen LogP contribution in [0.15, 0.2) is 18.2 Å². The van der Waals surface area contributed by atoms with Gasteiger partial charge in [0.15, 0.2) is 5.60 Å². The lowest BCUT2D eigenvalue weighted by Gasteiger charge is -2.22. The summed E-state index contributed by atoms with van der Waals surface area (Å²) in [6.07, 6.45) is 0. The number of aryl methyl sites for hydroxylation is 1. The second-order valence-electron chi connectivity index (χ2n) is 4.37. The first-order valence-electron chi connectivity index (χ1n) is 5.49. The summed E-state index contributed by atoms with van der Waals surface area (Å²) >= 11 is 0. The molecule has 0 aliphatic carbocycles. The van der Waals surface area contributed by atoms with Crippen molar-refractivity contribution in [1.82, 2.24) is 0 Å².